The van der Waals surface area contributed by atoms with E-state index >= 15 is 0 Å². The predicted molar refractivity (Wildman–Crippen MR) is 96.7 cm³/mol. The van der Waals surface area contributed by atoms with E-state index in [1.807, 2.05) is 11.3 Å². The first-order chi connectivity index (χ1) is 12.0. The second-order valence-corrected chi connectivity index (χ2v) is 6.57. The number of nitrogens with one attached hydrogen (secondary N) is 1. The monoisotopic (exact) mass is 362 g/mol. The number of fused-ring (bicyclic) bond motifs is 1. The van der Waals surface area contributed by atoms with Crippen molar-refractivity contribution in [3.63, 3.8) is 0 Å². The van der Waals surface area contributed by atoms with Gasteiger partial charge in [-0.05, 0) is 25.5 Å². The number of aromatic nitrogens is 2. The summed E-state index contributed by atoms with van der Waals surface area (Å²) in [6.07, 6.45) is 0.804. The number of ether oxygens (including phenoxy) is 1. The van der Waals surface area contributed by atoms with E-state index in [1.165, 1.54) is 23.5 Å². The van der Waals surface area contributed by atoms with Crippen LogP contribution in [0.25, 0.3) is 16.2 Å². The maximum atomic E-state index is 13.6. The highest BCUT2D eigenvalue weighted by Crippen LogP contribution is 2.34. The van der Waals surface area contributed by atoms with Crippen LogP contribution in [-0.4, -0.2) is 35.6 Å². The van der Waals surface area contributed by atoms with Gasteiger partial charge in [0.1, 0.15) is 22.2 Å². The molecular formula is C17H19FN4O2S. The molecule has 2 aromatic heterocycles. The van der Waals surface area contributed by atoms with Gasteiger partial charge in [-0.3, -0.25) is 9.20 Å². The molecular weight excluding hydrogens is 343 g/mol. The summed E-state index contributed by atoms with van der Waals surface area (Å²) in [5.41, 5.74) is 7.47. The molecule has 0 aliphatic carbocycles. The van der Waals surface area contributed by atoms with E-state index in [0.29, 0.717) is 34.2 Å². The third-order valence-electron chi connectivity index (χ3n) is 3.84. The van der Waals surface area contributed by atoms with Crippen LogP contribution in [0.15, 0.2) is 24.3 Å². The minimum absolute atomic E-state index is 0.325. The third kappa shape index (κ3) is 3.35. The van der Waals surface area contributed by atoms with Crippen molar-refractivity contribution in [2.45, 2.75) is 13.3 Å². The lowest BCUT2D eigenvalue weighted by atomic mass is 10.1. The summed E-state index contributed by atoms with van der Waals surface area (Å²) in [6.45, 7) is 3.10. The molecule has 0 spiro atoms. The molecule has 3 rings (SSSR count). The maximum absolute atomic E-state index is 13.6. The van der Waals surface area contributed by atoms with Crippen LogP contribution >= 0.6 is 11.3 Å². The molecule has 0 saturated carbocycles. The Morgan fingerprint density at radius 1 is 1.48 bits per heavy atom. The van der Waals surface area contributed by atoms with Gasteiger partial charge in [-0.2, -0.15) is 0 Å². The Morgan fingerprint density at radius 2 is 2.28 bits per heavy atom. The Hall–Kier alpha value is -2.45. The number of anilines is 1. The normalized spacial score (nSPS) is 11.2. The van der Waals surface area contributed by atoms with Crippen LogP contribution in [0.2, 0.25) is 0 Å². The van der Waals surface area contributed by atoms with Crippen LogP contribution in [0.4, 0.5) is 10.2 Å². The van der Waals surface area contributed by atoms with E-state index in [9.17, 15) is 9.18 Å². The second kappa shape index (κ2) is 7.20. The molecule has 1 amide bonds. The van der Waals surface area contributed by atoms with Gasteiger partial charge in [0.25, 0.3) is 5.91 Å². The van der Waals surface area contributed by atoms with E-state index in [0.717, 1.165) is 17.9 Å². The summed E-state index contributed by atoms with van der Waals surface area (Å²) < 4.78 is 20.6. The number of methoxy groups -OCH3 is 1. The topological polar surface area (TPSA) is 81.7 Å². The molecule has 0 saturated heterocycles. The van der Waals surface area contributed by atoms with Crippen molar-refractivity contribution >= 4 is 28.0 Å². The molecule has 132 valence electrons. The Bertz CT molecular complexity index is 919. The lowest BCUT2D eigenvalue weighted by Gasteiger charge is -2.09. The number of carbonyl (C=O) groups excluding carboxylic acids is 1. The predicted octanol–water partition coefficient (Wildman–Crippen LogP) is 3.06. The van der Waals surface area contributed by atoms with Crippen molar-refractivity contribution < 1.29 is 13.9 Å². The number of amides is 1. The zero-order valence-electron chi connectivity index (χ0n) is 14.0. The summed E-state index contributed by atoms with van der Waals surface area (Å²) in [4.78, 5) is 17.3. The molecule has 0 unspecified atom stereocenters. The van der Waals surface area contributed by atoms with Crippen molar-refractivity contribution in [1.82, 2.24) is 9.38 Å². The number of hydrogen-bond donors (Lipinski definition) is 2. The van der Waals surface area contributed by atoms with Crippen molar-refractivity contribution in [2.24, 2.45) is 5.73 Å². The zero-order valence-corrected chi connectivity index (χ0v) is 14.8. The molecule has 0 aliphatic rings. The molecule has 0 fully saturated rings. The summed E-state index contributed by atoms with van der Waals surface area (Å²) in [7, 11) is 1.65. The number of carbonyl (C=O) groups is 1. The van der Waals surface area contributed by atoms with Crippen molar-refractivity contribution in [1.29, 1.82) is 0 Å². The highest BCUT2D eigenvalue weighted by Gasteiger charge is 2.21. The first-order valence-electron chi connectivity index (χ1n) is 7.83. The first-order valence-corrected chi connectivity index (χ1v) is 8.65. The summed E-state index contributed by atoms with van der Waals surface area (Å²) in [5, 5.41) is 3.33. The van der Waals surface area contributed by atoms with Crippen LogP contribution in [0.3, 0.4) is 0 Å². The molecule has 0 atom stereocenters. The average Bonchev–Trinajstić information content (AvgIpc) is 3.09. The van der Waals surface area contributed by atoms with E-state index in [1.54, 1.807) is 19.2 Å². The molecule has 2 heterocycles. The van der Waals surface area contributed by atoms with Crippen molar-refractivity contribution in [3.8, 4) is 11.3 Å². The summed E-state index contributed by atoms with van der Waals surface area (Å²) in [5.74, 6) is -0.0858. The number of rotatable bonds is 7. The van der Waals surface area contributed by atoms with Crippen LogP contribution in [0, 0.1) is 12.7 Å². The fourth-order valence-corrected chi connectivity index (χ4v) is 3.68. The first kappa shape index (κ1) is 17.4. The number of thiazole rings is 1. The van der Waals surface area contributed by atoms with Crippen LogP contribution in [-0.2, 0) is 4.74 Å². The SMILES string of the molecule is COCCCNc1c(-c2cccc(F)c2)nc2sc(C(N)=O)c(C)n12. The molecule has 8 heteroatoms. The standard InChI is InChI=1S/C17H19FN4O2S/c1-10-14(15(19)23)25-17-21-13(11-5-3-6-12(18)9-11)16(22(10)17)20-7-4-8-24-2/h3,5-6,9,20H,4,7-8H2,1-2H3,(H2,19,23). The van der Waals surface area contributed by atoms with Crippen molar-refractivity contribution in [2.75, 3.05) is 25.6 Å². The van der Waals surface area contributed by atoms with E-state index in [2.05, 4.69) is 10.3 Å². The Labute approximate surface area is 148 Å². The third-order valence-corrected chi connectivity index (χ3v) is 5.00. The summed E-state index contributed by atoms with van der Waals surface area (Å²) >= 11 is 1.23. The molecule has 6 nitrogen and oxygen atoms in total. The smallest absolute Gasteiger partial charge is 0.260 e. The quantitative estimate of drug-likeness (QED) is 0.633. The molecule has 0 aliphatic heterocycles. The van der Waals surface area contributed by atoms with Gasteiger partial charge >= 0.3 is 0 Å². The van der Waals surface area contributed by atoms with Gasteiger partial charge in [-0.25, -0.2) is 9.37 Å². The molecule has 3 aromatic rings. The highest BCUT2D eigenvalue weighted by atomic mass is 32.1. The minimum atomic E-state index is -0.481. The molecule has 1 aromatic carbocycles. The van der Waals surface area contributed by atoms with E-state index < -0.39 is 5.91 Å². The van der Waals surface area contributed by atoms with Gasteiger partial charge in [0.2, 0.25) is 0 Å². The minimum Gasteiger partial charge on any atom is -0.385 e. The average molecular weight is 362 g/mol. The Morgan fingerprint density at radius 3 is 2.96 bits per heavy atom. The van der Waals surface area contributed by atoms with Crippen LogP contribution in [0.1, 0.15) is 21.8 Å². The van der Waals surface area contributed by atoms with Crippen molar-refractivity contribution in [3.05, 3.63) is 40.7 Å². The number of primary amides is 1. The zero-order chi connectivity index (χ0) is 18.0. The van der Waals surface area contributed by atoms with Crippen LogP contribution < -0.4 is 11.1 Å². The van der Waals surface area contributed by atoms with Gasteiger partial charge in [0.15, 0.2) is 4.96 Å². The molecule has 3 N–H and O–H groups in total. The maximum Gasteiger partial charge on any atom is 0.260 e. The Balaban J connectivity index is 2.10. The second-order valence-electron chi connectivity index (χ2n) is 5.59. The van der Waals surface area contributed by atoms with E-state index in [4.69, 9.17) is 10.5 Å². The van der Waals surface area contributed by atoms with Gasteiger partial charge < -0.3 is 15.8 Å². The van der Waals surface area contributed by atoms with Gasteiger partial charge in [0, 0.05) is 31.5 Å². The van der Waals surface area contributed by atoms with Gasteiger partial charge in [0.05, 0.1) is 0 Å². The van der Waals surface area contributed by atoms with Gasteiger partial charge in [-0.15, -0.1) is 0 Å². The molecule has 0 radical (unpaired) electrons. The fourth-order valence-electron chi connectivity index (χ4n) is 2.70. The number of benzene rings is 1. The lowest BCUT2D eigenvalue weighted by molar-refractivity contribution is 0.100. The lowest BCUT2D eigenvalue weighted by Crippen LogP contribution is -2.12. The Kier molecular flexibility index (Phi) is 5.00. The van der Waals surface area contributed by atoms with E-state index in [-0.39, 0.29) is 5.82 Å². The largest absolute Gasteiger partial charge is 0.385 e. The summed E-state index contributed by atoms with van der Waals surface area (Å²) in [6, 6.07) is 6.29. The number of nitrogens with zero attached hydrogens (tertiary/aromatic N) is 2. The highest BCUT2D eigenvalue weighted by molar-refractivity contribution is 7.19. The molecule has 0 bridgehead atoms. The number of imidazole rings is 1. The van der Waals surface area contributed by atoms with Crippen LogP contribution in [0.5, 0.6) is 0 Å². The fraction of sp³-hybridized carbons (Fsp3) is 0.294. The number of halogens is 1. The number of aryl methyl sites for hydroxylation is 1. The van der Waals surface area contributed by atoms with Gasteiger partial charge in [-0.1, -0.05) is 23.5 Å². The number of nitrogens with two attached hydrogens (primary N) is 1. The number of hydrogen-bond acceptors (Lipinski definition) is 5. The molecule has 25 heavy (non-hydrogen) atoms.